The molecule has 0 unspecified atom stereocenters. The molecule has 0 bridgehead atoms. The van der Waals surface area contributed by atoms with E-state index in [1.807, 2.05) is 0 Å². The molecule has 0 aromatic rings. The van der Waals surface area contributed by atoms with E-state index in [1.165, 1.54) is 201 Å². The Morgan fingerprint density at radius 1 is 0.518 bits per heavy atom. The summed E-state index contributed by atoms with van der Waals surface area (Å²) in [6.45, 7) is 10.3. The Kier molecular flexibility index (Phi) is 49.6. The van der Waals surface area contributed by atoms with Gasteiger partial charge in [-0.2, -0.15) is 0 Å². The number of carbonyl (C=O) groups excluding carboxylic acids is 7. The van der Waals surface area contributed by atoms with Crippen LogP contribution in [-0.4, -0.2) is 109 Å². The molecular weight excluding hydrogens is 1080 g/mol. The van der Waals surface area contributed by atoms with Crippen LogP contribution in [-0.2, 0) is 57.2 Å². The summed E-state index contributed by atoms with van der Waals surface area (Å²) in [5, 5.41) is 19.8. The van der Waals surface area contributed by atoms with Crippen LogP contribution in [0.4, 0.5) is 0 Å². The van der Waals surface area contributed by atoms with E-state index in [0.717, 1.165) is 70.6 Å². The molecule has 85 heavy (non-hydrogen) atoms. The van der Waals surface area contributed by atoms with Crippen molar-refractivity contribution in [2.24, 2.45) is 11.7 Å². The zero-order valence-corrected chi connectivity index (χ0v) is 54.9. The van der Waals surface area contributed by atoms with Crippen LogP contribution in [0.2, 0.25) is 0 Å². The van der Waals surface area contributed by atoms with Crippen LogP contribution in [0.5, 0.6) is 0 Å². The molecule has 0 radical (unpaired) electrons. The van der Waals surface area contributed by atoms with Crippen molar-refractivity contribution in [2.45, 2.75) is 373 Å². The number of rotatable bonds is 57. The summed E-state index contributed by atoms with van der Waals surface area (Å²) in [6.07, 6.45) is 40.4. The van der Waals surface area contributed by atoms with Gasteiger partial charge < -0.3 is 50.5 Å². The largest absolute Gasteiger partial charge is 0.469 e. The van der Waals surface area contributed by atoms with Crippen molar-refractivity contribution >= 4 is 41.5 Å². The third-order valence-electron chi connectivity index (χ3n) is 16.8. The second-order valence-corrected chi connectivity index (χ2v) is 24.7. The summed E-state index contributed by atoms with van der Waals surface area (Å²) in [6, 6.07) is -3.76. The number of esters is 3. The third kappa shape index (κ3) is 41.1. The highest BCUT2D eigenvalue weighted by molar-refractivity contribution is 5.92. The van der Waals surface area contributed by atoms with Gasteiger partial charge in [0.2, 0.25) is 29.9 Å². The molecule has 4 amide bonds. The Morgan fingerprint density at radius 3 is 1.31 bits per heavy atom. The lowest BCUT2D eigenvalue weighted by Gasteiger charge is -2.44. The van der Waals surface area contributed by atoms with Crippen LogP contribution < -0.4 is 21.7 Å². The number of amides is 4. The lowest BCUT2D eigenvalue weighted by molar-refractivity contribution is -0.276. The van der Waals surface area contributed by atoms with E-state index in [4.69, 9.17) is 24.7 Å². The van der Waals surface area contributed by atoms with E-state index in [-0.39, 0.29) is 19.3 Å². The average molecular weight is 1210 g/mol. The van der Waals surface area contributed by atoms with E-state index in [2.05, 4.69) is 41.5 Å². The van der Waals surface area contributed by atoms with Crippen LogP contribution >= 0.6 is 0 Å². The zero-order valence-electron chi connectivity index (χ0n) is 54.9. The molecule has 496 valence electrons. The van der Waals surface area contributed by atoms with Crippen LogP contribution in [0, 0.1) is 5.92 Å². The number of nitrogens with one attached hydrogen (secondary N) is 3. The van der Waals surface area contributed by atoms with Crippen molar-refractivity contribution in [3.8, 4) is 0 Å². The summed E-state index contributed by atoms with van der Waals surface area (Å²) in [7, 11) is 1.20. The van der Waals surface area contributed by atoms with E-state index >= 15 is 0 Å². The Morgan fingerprint density at radius 2 is 0.918 bits per heavy atom. The third-order valence-corrected chi connectivity index (χ3v) is 16.8. The summed E-state index contributed by atoms with van der Waals surface area (Å²) in [4.78, 5) is 91.6. The van der Waals surface area contributed by atoms with Gasteiger partial charge in [-0.05, 0) is 39.5 Å². The van der Waals surface area contributed by atoms with E-state index in [9.17, 15) is 38.7 Å². The molecular formula is C68H126N4O13. The number of unbranched alkanes of at least 4 members (excludes halogenated alkanes) is 36. The number of primary amides is 1. The van der Waals surface area contributed by atoms with E-state index < -0.39 is 103 Å². The van der Waals surface area contributed by atoms with Gasteiger partial charge in [-0.25, -0.2) is 0 Å². The number of methoxy groups -OCH3 is 1. The summed E-state index contributed by atoms with van der Waals surface area (Å²) >= 11 is 0. The number of aliphatic hydroxyl groups is 1. The highest BCUT2D eigenvalue weighted by Gasteiger charge is 2.50. The smallest absolute Gasteiger partial charge is 0.311 e. The predicted octanol–water partition coefficient (Wildman–Crippen LogP) is 13.9. The quantitative estimate of drug-likeness (QED) is 0.0216. The molecule has 6 N–H and O–H groups in total. The van der Waals surface area contributed by atoms with Crippen molar-refractivity contribution in [3.63, 3.8) is 0 Å². The lowest BCUT2D eigenvalue weighted by Crippen LogP contribution is -2.66. The maximum atomic E-state index is 14.6. The van der Waals surface area contributed by atoms with Crippen molar-refractivity contribution in [2.75, 3.05) is 13.7 Å². The average Bonchev–Trinajstić information content (AvgIpc) is 3.37. The van der Waals surface area contributed by atoms with E-state index in [0.29, 0.717) is 19.3 Å². The van der Waals surface area contributed by atoms with E-state index in [1.54, 1.807) is 0 Å². The van der Waals surface area contributed by atoms with Crippen molar-refractivity contribution in [1.29, 1.82) is 0 Å². The monoisotopic (exact) mass is 1210 g/mol. The van der Waals surface area contributed by atoms with Gasteiger partial charge in [-0.1, -0.05) is 265 Å². The van der Waals surface area contributed by atoms with Crippen molar-refractivity contribution in [1.82, 2.24) is 16.0 Å². The molecule has 1 aliphatic heterocycles. The van der Waals surface area contributed by atoms with Crippen molar-refractivity contribution in [3.05, 3.63) is 0 Å². The second-order valence-electron chi connectivity index (χ2n) is 24.7. The lowest BCUT2D eigenvalue weighted by atomic mass is 9.93. The molecule has 0 aliphatic carbocycles. The standard InChI is InChI=1S/C68H126N4O13/c1-8-11-14-17-20-23-26-29-30-31-34-37-40-43-46-49-60(75)82-52-58-62(76)63(83-54(5)66(79)70-53(4)65(78)72-57(64(69)77)50-51-59(74)81-7)61(71-55(6)73)68(84-58)85-67(80)56(47-44-41-38-35-32-27-24-21-18-15-12-9-2)48-45-42-39-36-33-28-25-22-19-16-13-10-3/h53-54,56-58,61-63,68,76H,8-52H2,1-7H3,(H2,69,77)(H,70,79)(H,71,73)(H,72,78)/t53-,54+,57+,58+,61+,62+,63+,68+/m0/s1. The molecule has 1 rings (SSSR count). The summed E-state index contributed by atoms with van der Waals surface area (Å²) < 4.78 is 29.2. The Hall–Kier alpha value is -3.83. The highest BCUT2D eigenvalue weighted by Crippen LogP contribution is 2.30. The predicted molar refractivity (Wildman–Crippen MR) is 338 cm³/mol. The van der Waals surface area contributed by atoms with Crippen LogP contribution in [0.3, 0.4) is 0 Å². The Balaban J connectivity index is 3.22. The van der Waals surface area contributed by atoms with Crippen molar-refractivity contribution < 1.29 is 62.4 Å². The maximum absolute atomic E-state index is 14.6. The summed E-state index contributed by atoms with van der Waals surface area (Å²) in [5.41, 5.74) is 5.49. The number of hydrogen-bond donors (Lipinski definition) is 5. The molecule has 0 aromatic carbocycles. The van der Waals surface area contributed by atoms with Gasteiger partial charge in [-0.15, -0.1) is 0 Å². The first-order chi connectivity index (χ1) is 41.1. The van der Waals surface area contributed by atoms with Gasteiger partial charge in [0.25, 0.3) is 0 Å². The molecule has 1 saturated heterocycles. The number of hydrogen-bond acceptors (Lipinski definition) is 13. The van der Waals surface area contributed by atoms with Gasteiger partial charge in [-0.3, -0.25) is 33.6 Å². The van der Waals surface area contributed by atoms with Gasteiger partial charge in [0, 0.05) is 19.8 Å². The second kappa shape index (κ2) is 53.2. The molecule has 8 atom stereocenters. The fourth-order valence-electron chi connectivity index (χ4n) is 11.3. The number of aliphatic hydroxyl groups excluding tert-OH is 1. The van der Waals surface area contributed by atoms with Crippen LogP contribution in [0.25, 0.3) is 0 Å². The molecule has 0 spiro atoms. The minimum atomic E-state index is -1.61. The molecule has 1 heterocycles. The fourth-order valence-corrected chi connectivity index (χ4v) is 11.3. The van der Waals surface area contributed by atoms with Crippen LogP contribution in [0.15, 0.2) is 0 Å². The maximum Gasteiger partial charge on any atom is 0.311 e. The number of carbonyl (C=O) groups is 7. The molecule has 17 heteroatoms. The normalized spacial score (nSPS) is 17.9. The van der Waals surface area contributed by atoms with Crippen LogP contribution in [0.1, 0.15) is 324 Å². The van der Waals surface area contributed by atoms with Gasteiger partial charge >= 0.3 is 17.9 Å². The fraction of sp³-hybridized carbons (Fsp3) is 0.897. The first-order valence-corrected chi connectivity index (χ1v) is 34.7. The SMILES string of the molecule is CCCCCCCCCCCCCCCCCC(=O)OC[C@H]1O[C@H](OC(=O)C(CCCCCCCCCCCCCC)CCCCCCCCCCCCCC)[C@H](NC(C)=O)[C@@H](O[C@H](C)C(=O)N[C@@H](C)C(=O)N[C@H](CCC(=O)OC)C(N)=O)[C@@H]1O. The van der Waals surface area contributed by atoms with Gasteiger partial charge in [0.15, 0.2) is 0 Å². The minimum Gasteiger partial charge on any atom is -0.469 e. The molecule has 0 saturated carbocycles. The number of ether oxygens (including phenoxy) is 5. The first kappa shape index (κ1) is 79.2. The minimum absolute atomic E-state index is 0.124. The molecule has 17 nitrogen and oxygen atoms in total. The topological polar surface area (TPSA) is 248 Å². The Bertz CT molecular complexity index is 1710. The molecule has 1 aliphatic rings. The van der Waals surface area contributed by atoms with Gasteiger partial charge in [0.1, 0.15) is 49.1 Å². The van der Waals surface area contributed by atoms with Gasteiger partial charge in [0.05, 0.1) is 13.0 Å². The first-order valence-electron chi connectivity index (χ1n) is 34.7. The Labute approximate surface area is 516 Å². The molecule has 0 aromatic heterocycles. The zero-order chi connectivity index (χ0) is 62.7. The number of nitrogens with two attached hydrogens (primary N) is 1. The molecule has 1 fully saturated rings. The summed E-state index contributed by atoms with van der Waals surface area (Å²) in [5.74, 6) is -5.03. The highest BCUT2D eigenvalue weighted by atomic mass is 16.7.